The van der Waals surface area contributed by atoms with Crippen LogP contribution in [0.5, 0.6) is 17.4 Å². The molecule has 0 radical (unpaired) electrons. The van der Waals surface area contributed by atoms with Crippen LogP contribution in [0, 0.1) is 0 Å². The van der Waals surface area contributed by atoms with E-state index in [-0.39, 0.29) is 0 Å². The van der Waals surface area contributed by atoms with Gasteiger partial charge in [0.2, 0.25) is 5.88 Å². The third-order valence-corrected chi connectivity index (χ3v) is 3.69. The fourth-order valence-electron chi connectivity index (χ4n) is 2.48. The molecule has 0 bridgehead atoms. The Labute approximate surface area is 138 Å². The van der Waals surface area contributed by atoms with E-state index in [2.05, 4.69) is 15.0 Å². The molecule has 0 aliphatic heterocycles. The molecule has 124 valence electrons. The van der Waals surface area contributed by atoms with Gasteiger partial charge in [0.1, 0.15) is 29.0 Å². The van der Waals surface area contributed by atoms with Crippen molar-refractivity contribution in [3.05, 3.63) is 41.9 Å². The molecular formula is C17H17N3O4. The number of methoxy groups -OCH3 is 2. The number of nitrogens with one attached hydrogen (secondary N) is 1. The number of hydrogen-bond donors (Lipinski definition) is 1. The fraction of sp³-hybridized carbons (Fsp3) is 0.235. The van der Waals surface area contributed by atoms with Crippen molar-refractivity contribution in [3.63, 3.8) is 0 Å². The normalized spacial score (nSPS) is 10.6. The number of nitrogens with zero attached hydrogens (tertiary/aromatic N) is 2. The Morgan fingerprint density at radius 1 is 1.25 bits per heavy atom. The van der Waals surface area contributed by atoms with E-state index in [4.69, 9.17) is 14.2 Å². The van der Waals surface area contributed by atoms with Crippen LogP contribution in [0.4, 0.5) is 0 Å². The lowest BCUT2D eigenvalue weighted by atomic mass is 10.2. The van der Waals surface area contributed by atoms with E-state index in [1.54, 1.807) is 18.2 Å². The molecule has 0 unspecified atom stereocenters. The number of hydrogen-bond acceptors (Lipinski definition) is 6. The summed E-state index contributed by atoms with van der Waals surface area (Å²) in [4.78, 5) is 23.2. The molecule has 1 aromatic carbocycles. The second-order valence-electron chi connectivity index (χ2n) is 5.03. The average Bonchev–Trinajstić information content (AvgIpc) is 3.05. The third kappa shape index (κ3) is 2.76. The van der Waals surface area contributed by atoms with E-state index in [1.807, 2.05) is 13.1 Å². The second kappa shape index (κ2) is 6.57. The van der Waals surface area contributed by atoms with E-state index in [0.29, 0.717) is 22.9 Å². The summed E-state index contributed by atoms with van der Waals surface area (Å²) in [6, 6.07) is 4.88. The van der Waals surface area contributed by atoms with Crippen LogP contribution in [0.15, 0.2) is 30.7 Å². The summed E-state index contributed by atoms with van der Waals surface area (Å²) in [5, 5.41) is 0.844. The number of aryl methyl sites for hydroxylation is 1. The summed E-state index contributed by atoms with van der Waals surface area (Å²) in [5.41, 5.74) is 2.12. The SMILES string of the molecule is CCc1c[nH]c2ncnc(Oc3ccc(C(=O)OC)c(OC)c3)c12. The molecule has 0 aliphatic rings. The maximum atomic E-state index is 11.7. The lowest BCUT2D eigenvalue weighted by Crippen LogP contribution is -2.04. The third-order valence-electron chi connectivity index (χ3n) is 3.69. The first-order valence-electron chi connectivity index (χ1n) is 7.43. The zero-order valence-electron chi connectivity index (χ0n) is 13.6. The minimum Gasteiger partial charge on any atom is -0.496 e. The summed E-state index contributed by atoms with van der Waals surface area (Å²) in [5.74, 6) is 0.852. The summed E-state index contributed by atoms with van der Waals surface area (Å²) < 4.78 is 15.9. The van der Waals surface area contributed by atoms with Crippen LogP contribution in [-0.2, 0) is 11.2 Å². The molecule has 0 saturated heterocycles. The Morgan fingerprint density at radius 3 is 2.79 bits per heavy atom. The van der Waals surface area contributed by atoms with Gasteiger partial charge in [0.15, 0.2) is 0 Å². The van der Waals surface area contributed by atoms with Crippen LogP contribution in [0.2, 0.25) is 0 Å². The number of carbonyl (C=O) groups excluding carboxylic acids is 1. The van der Waals surface area contributed by atoms with Gasteiger partial charge in [-0.15, -0.1) is 0 Å². The van der Waals surface area contributed by atoms with Gasteiger partial charge in [-0.3, -0.25) is 0 Å². The van der Waals surface area contributed by atoms with Crippen molar-refractivity contribution in [2.75, 3.05) is 14.2 Å². The highest BCUT2D eigenvalue weighted by Gasteiger charge is 2.16. The number of carbonyl (C=O) groups is 1. The Balaban J connectivity index is 2.00. The Bertz CT molecular complexity index is 889. The molecular weight excluding hydrogens is 310 g/mol. The van der Waals surface area contributed by atoms with Crippen molar-refractivity contribution in [1.29, 1.82) is 0 Å². The predicted molar refractivity (Wildman–Crippen MR) is 87.7 cm³/mol. The minimum atomic E-state index is -0.471. The van der Waals surface area contributed by atoms with Crippen molar-refractivity contribution in [2.24, 2.45) is 0 Å². The number of rotatable bonds is 5. The molecule has 3 aromatic rings. The van der Waals surface area contributed by atoms with Gasteiger partial charge in [0.05, 0.1) is 19.6 Å². The van der Waals surface area contributed by atoms with Crippen molar-refractivity contribution < 1.29 is 19.0 Å². The quantitative estimate of drug-likeness (QED) is 0.725. The van der Waals surface area contributed by atoms with Crippen LogP contribution in [0.3, 0.4) is 0 Å². The molecule has 3 rings (SSSR count). The molecule has 0 aliphatic carbocycles. The van der Waals surface area contributed by atoms with Gasteiger partial charge in [-0.05, 0) is 24.1 Å². The van der Waals surface area contributed by atoms with Crippen LogP contribution in [-0.4, -0.2) is 35.1 Å². The number of benzene rings is 1. The van der Waals surface area contributed by atoms with Gasteiger partial charge >= 0.3 is 5.97 Å². The fourth-order valence-corrected chi connectivity index (χ4v) is 2.48. The van der Waals surface area contributed by atoms with Crippen LogP contribution in [0.25, 0.3) is 11.0 Å². The highest BCUT2D eigenvalue weighted by atomic mass is 16.5. The first-order valence-corrected chi connectivity index (χ1v) is 7.43. The summed E-state index contributed by atoms with van der Waals surface area (Å²) in [6.07, 6.45) is 4.16. The van der Waals surface area contributed by atoms with Gasteiger partial charge in [-0.1, -0.05) is 6.92 Å². The molecule has 0 amide bonds. The highest BCUT2D eigenvalue weighted by molar-refractivity contribution is 5.92. The second-order valence-corrected chi connectivity index (χ2v) is 5.03. The number of H-pyrrole nitrogens is 1. The van der Waals surface area contributed by atoms with Gasteiger partial charge in [0, 0.05) is 12.3 Å². The summed E-state index contributed by atoms with van der Waals surface area (Å²) in [7, 11) is 2.80. The average molecular weight is 327 g/mol. The Kier molecular flexibility index (Phi) is 4.33. The number of ether oxygens (including phenoxy) is 3. The van der Waals surface area contributed by atoms with Crippen molar-refractivity contribution in [2.45, 2.75) is 13.3 Å². The molecule has 2 aromatic heterocycles. The Hall–Kier alpha value is -3.09. The largest absolute Gasteiger partial charge is 0.496 e. The van der Waals surface area contributed by atoms with Gasteiger partial charge in [-0.2, -0.15) is 0 Å². The zero-order chi connectivity index (χ0) is 17.1. The lowest BCUT2D eigenvalue weighted by Gasteiger charge is -2.10. The molecule has 0 saturated carbocycles. The standard InChI is InChI=1S/C17H17N3O4/c1-4-10-8-18-15-14(10)16(20-9-19-15)24-11-5-6-12(17(21)23-3)13(7-11)22-2/h5-9H,4H2,1-3H3,(H,18,19,20). The first kappa shape index (κ1) is 15.8. The summed E-state index contributed by atoms with van der Waals surface area (Å²) >= 11 is 0. The molecule has 0 fully saturated rings. The highest BCUT2D eigenvalue weighted by Crippen LogP contribution is 2.32. The van der Waals surface area contributed by atoms with E-state index in [9.17, 15) is 4.79 Å². The van der Waals surface area contributed by atoms with Crippen molar-refractivity contribution in [1.82, 2.24) is 15.0 Å². The molecule has 2 heterocycles. The molecule has 7 heteroatoms. The van der Waals surface area contributed by atoms with E-state index >= 15 is 0 Å². The molecule has 1 N–H and O–H groups in total. The lowest BCUT2D eigenvalue weighted by molar-refractivity contribution is 0.0597. The molecule has 7 nitrogen and oxygen atoms in total. The predicted octanol–water partition coefficient (Wildman–Crippen LogP) is 3.11. The number of esters is 1. The Morgan fingerprint density at radius 2 is 2.08 bits per heavy atom. The van der Waals surface area contributed by atoms with Crippen LogP contribution in [0.1, 0.15) is 22.8 Å². The number of aromatic amines is 1. The van der Waals surface area contributed by atoms with Gasteiger partial charge < -0.3 is 19.2 Å². The first-order chi connectivity index (χ1) is 11.7. The smallest absolute Gasteiger partial charge is 0.341 e. The van der Waals surface area contributed by atoms with Crippen molar-refractivity contribution in [3.8, 4) is 17.4 Å². The van der Waals surface area contributed by atoms with Crippen LogP contribution >= 0.6 is 0 Å². The number of fused-ring (bicyclic) bond motifs is 1. The zero-order valence-corrected chi connectivity index (χ0v) is 13.6. The van der Waals surface area contributed by atoms with E-state index in [1.165, 1.54) is 20.5 Å². The molecule has 24 heavy (non-hydrogen) atoms. The summed E-state index contributed by atoms with van der Waals surface area (Å²) in [6.45, 7) is 2.05. The topological polar surface area (TPSA) is 86.3 Å². The number of aromatic nitrogens is 3. The van der Waals surface area contributed by atoms with Gasteiger partial charge in [-0.25, -0.2) is 14.8 Å². The molecule has 0 spiro atoms. The van der Waals surface area contributed by atoms with E-state index in [0.717, 1.165) is 23.0 Å². The van der Waals surface area contributed by atoms with Crippen LogP contribution < -0.4 is 9.47 Å². The molecule has 0 atom stereocenters. The van der Waals surface area contributed by atoms with Gasteiger partial charge in [0.25, 0.3) is 0 Å². The van der Waals surface area contributed by atoms with E-state index < -0.39 is 5.97 Å². The maximum absolute atomic E-state index is 11.7. The minimum absolute atomic E-state index is 0.330. The monoisotopic (exact) mass is 327 g/mol. The maximum Gasteiger partial charge on any atom is 0.341 e. The van der Waals surface area contributed by atoms with Crippen molar-refractivity contribution >= 4 is 17.0 Å².